The predicted octanol–water partition coefficient (Wildman–Crippen LogP) is 24.8. The normalized spacial score (nSPS) is 12.7. The largest absolute Gasteiger partial charge is 0.462 e. The predicted molar refractivity (Wildman–Crippen MR) is 362 cm³/mol. The maximum absolute atomic E-state index is 12.9. The molecule has 0 amide bonds. The zero-order chi connectivity index (χ0) is 59.9. The summed E-state index contributed by atoms with van der Waals surface area (Å²) in [5.41, 5.74) is 0. The van der Waals surface area contributed by atoms with E-state index in [1.54, 1.807) is 0 Å². The van der Waals surface area contributed by atoms with E-state index >= 15 is 0 Å². The molecular formula is C77H134O6. The SMILES string of the molecule is CC/C=C\C/C=C\C/C=C\C/C=C\C/C=C\CCCCCCCCCCCCCC(=O)OC(COC(=O)CCCCCCCCC)COC(=O)CCCCCCCCCCCCCCCCCC/C=C\C/C=C\C/C=C\CCCCCCC. The molecule has 0 aliphatic carbocycles. The lowest BCUT2D eigenvalue weighted by molar-refractivity contribution is -0.167. The van der Waals surface area contributed by atoms with Crippen molar-refractivity contribution in [1.29, 1.82) is 0 Å². The van der Waals surface area contributed by atoms with Gasteiger partial charge in [0.25, 0.3) is 0 Å². The van der Waals surface area contributed by atoms with Gasteiger partial charge in [-0.15, -0.1) is 0 Å². The van der Waals surface area contributed by atoms with Gasteiger partial charge in [-0.3, -0.25) is 14.4 Å². The van der Waals surface area contributed by atoms with Gasteiger partial charge in [0.05, 0.1) is 0 Å². The number of carbonyl (C=O) groups is 3. The molecule has 1 atom stereocenters. The molecule has 0 rings (SSSR count). The van der Waals surface area contributed by atoms with Crippen molar-refractivity contribution in [1.82, 2.24) is 0 Å². The number of esters is 3. The molecule has 0 saturated heterocycles. The van der Waals surface area contributed by atoms with Crippen molar-refractivity contribution in [3.05, 3.63) is 97.2 Å². The number of hydrogen-bond acceptors (Lipinski definition) is 6. The number of ether oxygens (including phenoxy) is 3. The fourth-order valence-electron chi connectivity index (χ4n) is 10.2. The van der Waals surface area contributed by atoms with E-state index in [1.807, 2.05) is 0 Å². The van der Waals surface area contributed by atoms with Crippen LogP contribution in [0, 0.1) is 0 Å². The second kappa shape index (κ2) is 70.8. The summed E-state index contributed by atoms with van der Waals surface area (Å²) in [7, 11) is 0. The summed E-state index contributed by atoms with van der Waals surface area (Å²) in [6.45, 7) is 6.51. The molecular weight excluding hydrogens is 1020 g/mol. The molecule has 0 spiro atoms. The van der Waals surface area contributed by atoms with Crippen molar-refractivity contribution in [2.75, 3.05) is 13.2 Å². The summed E-state index contributed by atoms with van der Waals surface area (Å²) in [5, 5.41) is 0. The highest BCUT2D eigenvalue weighted by molar-refractivity contribution is 5.71. The van der Waals surface area contributed by atoms with Gasteiger partial charge in [0.15, 0.2) is 6.10 Å². The van der Waals surface area contributed by atoms with E-state index in [9.17, 15) is 14.4 Å². The maximum Gasteiger partial charge on any atom is 0.306 e. The van der Waals surface area contributed by atoms with Crippen LogP contribution in [0.25, 0.3) is 0 Å². The van der Waals surface area contributed by atoms with Crippen LogP contribution in [-0.4, -0.2) is 37.2 Å². The highest BCUT2D eigenvalue weighted by Crippen LogP contribution is 2.17. The van der Waals surface area contributed by atoms with Crippen molar-refractivity contribution >= 4 is 17.9 Å². The Morgan fingerprint density at radius 3 is 0.735 bits per heavy atom. The Kier molecular flexibility index (Phi) is 67.7. The second-order valence-corrected chi connectivity index (χ2v) is 23.8. The Labute approximate surface area is 515 Å². The molecule has 0 heterocycles. The second-order valence-electron chi connectivity index (χ2n) is 23.8. The molecule has 0 aromatic rings. The lowest BCUT2D eigenvalue weighted by Gasteiger charge is -2.18. The van der Waals surface area contributed by atoms with Crippen LogP contribution in [0.5, 0.6) is 0 Å². The lowest BCUT2D eigenvalue weighted by Crippen LogP contribution is -2.30. The molecule has 6 heteroatoms. The van der Waals surface area contributed by atoms with E-state index in [2.05, 4.69) is 118 Å². The Bertz CT molecular complexity index is 1610. The third-order valence-electron chi connectivity index (χ3n) is 15.6. The number of carbonyl (C=O) groups excluding carboxylic acids is 3. The van der Waals surface area contributed by atoms with Gasteiger partial charge in [-0.2, -0.15) is 0 Å². The van der Waals surface area contributed by atoms with E-state index in [0.717, 1.165) is 103 Å². The van der Waals surface area contributed by atoms with Crippen LogP contribution in [0.3, 0.4) is 0 Å². The Balaban J connectivity index is 4.06. The quantitative estimate of drug-likeness (QED) is 0.0261. The van der Waals surface area contributed by atoms with Gasteiger partial charge in [-0.1, -0.05) is 330 Å². The first-order valence-electron chi connectivity index (χ1n) is 35.7. The van der Waals surface area contributed by atoms with Gasteiger partial charge in [0.1, 0.15) is 13.2 Å². The van der Waals surface area contributed by atoms with Gasteiger partial charge in [-0.25, -0.2) is 0 Å². The maximum atomic E-state index is 12.9. The number of hydrogen-bond donors (Lipinski definition) is 0. The molecule has 0 N–H and O–H groups in total. The zero-order valence-corrected chi connectivity index (χ0v) is 54.9. The zero-order valence-electron chi connectivity index (χ0n) is 54.9. The molecule has 0 aliphatic rings. The Morgan fingerprint density at radius 2 is 0.470 bits per heavy atom. The van der Waals surface area contributed by atoms with Crippen LogP contribution in [-0.2, 0) is 28.6 Å². The number of allylic oxidation sites excluding steroid dienone is 16. The minimum atomic E-state index is -0.777. The van der Waals surface area contributed by atoms with Crippen LogP contribution in [0.2, 0.25) is 0 Å². The highest BCUT2D eigenvalue weighted by Gasteiger charge is 2.19. The van der Waals surface area contributed by atoms with E-state index in [1.165, 1.54) is 212 Å². The first kappa shape index (κ1) is 79.3. The first-order chi connectivity index (χ1) is 41.0. The van der Waals surface area contributed by atoms with Crippen LogP contribution >= 0.6 is 0 Å². The van der Waals surface area contributed by atoms with Gasteiger partial charge in [0.2, 0.25) is 0 Å². The first-order valence-corrected chi connectivity index (χ1v) is 35.7. The van der Waals surface area contributed by atoms with Crippen molar-refractivity contribution in [2.24, 2.45) is 0 Å². The molecule has 0 aromatic heterocycles. The van der Waals surface area contributed by atoms with Crippen LogP contribution in [0.1, 0.15) is 355 Å². The molecule has 83 heavy (non-hydrogen) atoms. The van der Waals surface area contributed by atoms with Gasteiger partial charge < -0.3 is 14.2 Å². The number of rotatable bonds is 65. The van der Waals surface area contributed by atoms with Crippen LogP contribution < -0.4 is 0 Å². The minimum absolute atomic E-state index is 0.0750. The molecule has 0 aliphatic heterocycles. The smallest absolute Gasteiger partial charge is 0.306 e. The van der Waals surface area contributed by atoms with Crippen molar-refractivity contribution < 1.29 is 28.6 Å². The molecule has 0 radical (unpaired) electrons. The summed E-state index contributed by atoms with van der Waals surface area (Å²) < 4.78 is 16.9. The fraction of sp³-hybridized carbons (Fsp3) is 0.753. The lowest BCUT2D eigenvalue weighted by atomic mass is 10.0. The van der Waals surface area contributed by atoms with Gasteiger partial charge in [0, 0.05) is 19.3 Å². The van der Waals surface area contributed by atoms with Crippen LogP contribution in [0.15, 0.2) is 97.2 Å². The monoisotopic (exact) mass is 1160 g/mol. The van der Waals surface area contributed by atoms with Crippen molar-refractivity contribution in [3.8, 4) is 0 Å². The summed E-state index contributed by atoms with van der Waals surface area (Å²) >= 11 is 0. The Morgan fingerprint density at radius 1 is 0.253 bits per heavy atom. The summed E-state index contributed by atoms with van der Waals surface area (Å²) in [6.07, 6.45) is 96.1. The van der Waals surface area contributed by atoms with E-state index in [-0.39, 0.29) is 31.1 Å². The topological polar surface area (TPSA) is 78.9 Å². The number of unbranched alkanes of at least 4 members (excludes halogenated alkanes) is 38. The molecule has 0 bridgehead atoms. The summed E-state index contributed by atoms with van der Waals surface area (Å²) in [6, 6.07) is 0. The molecule has 0 fully saturated rings. The average molecular weight is 1160 g/mol. The Hall–Kier alpha value is -3.67. The summed E-state index contributed by atoms with van der Waals surface area (Å²) in [4.78, 5) is 38.2. The third kappa shape index (κ3) is 69.0. The summed E-state index contributed by atoms with van der Waals surface area (Å²) in [5.74, 6) is -0.870. The molecule has 6 nitrogen and oxygen atoms in total. The average Bonchev–Trinajstić information content (AvgIpc) is 3.49. The van der Waals surface area contributed by atoms with E-state index in [4.69, 9.17) is 14.2 Å². The van der Waals surface area contributed by atoms with Crippen LogP contribution in [0.4, 0.5) is 0 Å². The molecule has 0 saturated carbocycles. The van der Waals surface area contributed by atoms with E-state index < -0.39 is 6.10 Å². The standard InChI is InChI=1S/C77H134O6/c1-4-7-10-13-16-18-20-22-24-26-28-30-32-34-36-37-38-39-41-42-44-46-48-50-52-54-56-58-61-64-67-70-76(79)82-73-74(72-81-75(78)69-66-63-60-15-12-9-6-3)83-77(80)71-68-65-62-59-57-55-53-51-49-47-45-43-40-35-33-31-29-27-25-23-21-19-17-14-11-8-5-2/h8,11,17,19-20,22-23,25-26,28-29,31-32,34-35,40,74H,4-7,9-10,12-16,18,21,24,27,30,33,36-39,41-73H2,1-3H3/b11-8-,19-17-,22-20-,25-23-,28-26-,31-29-,34-32-,40-35-. The fourth-order valence-corrected chi connectivity index (χ4v) is 10.2. The van der Waals surface area contributed by atoms with Gasteiger partial charge in [-0.05, 0) is 103 Å². The molecule has 1 unspecified atom stereocenters. The van der Waals surface area contributed by atoms with Gasteiger partial charge >= 0.3 is 17.9 Å². The molecule has 0 aromatic carbocycles. The van der Waals surface area contributed by atoms with Crippen molar-refractivity contribution in [2.45, 2.75) is 361 Å². The molecule has 478 valence electrons. The van der Waals surface area contributed by atoms with E-state index in [0.29, 0.717) is 19.3 Å². The third-order valence-corrected chi connectivity index (χ3v) is 15.6. The minimum Gasteiger partial charge on any atom is -0.462 e. The highest BCUT2D eigenvalue weighted by atomic mass is 16.6. The van der Waals surface area contributed by atoms with Crippen molar-refractivity contribution in [3.63, 3.8) is 0 Å².